The summed E-state index contributed by atoms with van der Waals surface area (Å²) >= 11 is 0. The highest BCUT2D eigenvalue weighted by Crippen LogP contribution is 2.34. The lowest BCUT2D eigenvalue weighted by molar-refractivity contribution is 0.628. The predicted octanol–water partition coefficient (Wildman–Crippen LogP) is 4.37. The molecule has 0 spiro atoms. The number of halogens is 1. The van der Waals surface area contributed by atoms with Crippen LogP contribution in [0.2, 0.25) is 0 Å². The molecule has 1 heterocycles. The summed E-state index contributed by atoms with van der Waals surface area (Å²) in [6.45, 7) is 2.87. The van der Waals surface area contributed by atoms with Gasteiger partial charge in [0.25, 0.3) is 0 Å². The van der Waals surface area contributed by atoms with Gasteiger partial charge in [-0.05, 0) is 44.0 Å². The molecule has 3 rings (SSSR count). The fraction of sp³-hybridized carbons (Fsp3) is 0.412. The maximum absolute atomic E-state index is 13.1. The van der Waals surface area contributed by atoms with E-state index < -0.39 is 0 Å². The Morgan fingerprint density at radius 1 is 1.14 bits per heavy atom. The van der Waals surface area contributed by atoms with Crippen LogP contribution < -0.4 is 5.32 Å². The minimum absolute atomic E-state index is 0.238. The quantitative estimate of drug-likeness (QED) is 0.906. The van der Waals surface area contributed by atoms with Crippen LogP contribution in [0.4, 0.5) is 10.2 Å². The minimum atomic E-state index is -0.238. The second-order valence-corrected chi connectivity index (χ2v) is 5.52. The molecule has 1 aliphatic carbocycles. The van der Waals surface area contributed by atoms with Crippen molar-refractivity contribution in [2.45, 2.75) is 38.5 Å². The number of aromatic nitrogens is 2. The van der Waals surface area contributed by atoms with E-state index in [4.69, 9.17) is 4.98 Å². The SMILES string of the molecule is CCNc1cc(C2CCCC2)nc(-c2ccc(F)cc2)n1. The first-order chi connectivity index (χ1) is 10.3. The number of anilines is 1. The number of hydrogen-bond donors (Lipinski definition) is 1. The monoisotopic (exact) mass is 285 g/mol. The second kappa shape index (κ2) is 6.20. The summed E-state index contributed by atoms with van der Waals surface area (Å²) in [4.78, 5) is 9.27. The van der Waals surface area contributed by atoms with Gasteiger partial charge < -0.3 is 5.32 Å². The zero-order chi connectivity index (χ0) is 14.7. The van der Waals surface area contributed by atoms with Crippen molar-refractivity contribution < 1.29 is 4.39 Å². The summed E-state index contributed by atoms with van der Waals surface area (Å²) in [5.74, 6) is 1.83. The average molecular weight is 285 g/mol. The molecular weight excluding hydrogens is 265 g/mol. The molecule has 1 fully saturated rings. The zero-order valence-corrected chi connectivity index (χ0v) is 12.3. The third-order valence-corrected chi connectivity index (χ3v) is 3.98. The summed E-state index contributed by atoms with van der Waals surface area (Å²) in [5, 5.41) is 3.27. The topological polar surface area (TPSA) is 37.8 Å². The Bertz CT molecular complexity index is 604. The van der Waals surface area contributed by atoms with E-state index in [0.717, 1.165) is 23.6 Å². The van der Waals surface area contributed by atoms with Gasteiger partial charge in [-0.3, -0.25) is 0 Å². The number of nitrogens with zero attached hydrogens (tertiary/aromatic N) is 2. The summed E-state index contributed by atoms with van der Waals surface area (Å²) in [6, 6.07) is 8.44. The number of hydrogen-bond acceptors (Lipinski definition) is 3. The van der Waals surface area contributed by atoms with Gasteiger partial charge in [0.2, 0.25) is 0 Å². The van der Waals surface area contributed by atoms with E-state index >= 15 is 0 Å². The molecule has 110 valence electrons. The first-order valence-electron chi connectivity index (χ1n) is 7.65. The van der Waals surface area contributed by atoms with Crippen LogP contribution in [0, 0.1) is 5.82 Å². The molecular formula is C17H20FN3. The van der Waals surface area contributed by atoms with Crippen molar-refractivity contribution in [3.05, 3.63) is 41.8 Å². The third-order valence-electron chi connectivity index (χ3n) is 3.98. The smallest absolute Gasteiger partial charge is 0.161 e. The summed E-state index contributed by atoms with van der Waals surface area (Å²) in [6.07, 6.45) is 4.95. The van der Waals surface area contributed by atoms with Crippen molar-refractivity contribution in [2.24, 2.45) is 0 Å². The Kier molecular flexibility index (Phi) is 4.13. The van der Waals surface area contributed by atoms with Crippen molar-refractivity contribution in [3.8, 4) is 11.4 Å². The van der Waals surface area contributed by atoms with Crippen molar-refractivity contribution in [2.75, 3.05) is 11.9 Å². The molecule has 0 amide bonds. The van der Waals surface area contributed by atoms with Crippen molar-refractivity contribution in [3.63, 3.8) is 0 Å². The van der Waals surface area contributed by atoms with E-state index in [1.165, 1.54) is 37.8 Å². The molecule has 3 nitrogen and oxygen atoms in total. The summed E-state index contributed by atoms with van der Waals surface area (Å²) < 4.78 is 13.1. The highest BCUT2D eigenvalue weighted by molar-refractivity contribution is 5.57. The summed E-state index contributed by atoms with van der Waals surface area (Å²) in [7, 11) is 0. The van der Waals surface area contributed by atoms with Crippen LogP contribution in [0.15, 0.2) is 30.3 Å². The first kappa shape index (κ1) is 14.0. The van der Waals surface area contributed by atoms with Gasteiger partial charge in [-0.2, -0.15) is 0 Å². The number of nitrogens with one attached hydrogen (secondary N) is 1. The van der Waals surface area contributed by atoms with Crippen LogP contribution in [0.1, 0.15) is 44.2 Å². The van der Waals surface area contributed by atoms with Crippen LogP contribution in [-0.4, -0.2) is 16.5 Å². The van der Waals surface area contributed by atoms with Crippen LogP contribution in [-0.2, 0) is 0 Å². The third kappa shape index (κ3) is 3.20. The fourth-order valence-corrected chi connectivity index (χ4v) is 2.90. The van der Waals surface area contributed by atoms with Crippen LogP contribution >= 0.6 is 0 Å². The zero-order valence-electron chi connectivity index (χ0n) is 12.3. The second-order valence-electron chi connectivity index (χ2n) is 5.52. The van der Waals surface area contributed by atoms with Gasteiger partial charge >= 0.3 is 0 Å². The van der Waals surface area contributed by atoms with E-state index in [-0.39, 0.29) is 5.82 Å². The van der Waals surface area contributed by atoms with Crippen LogP contribution in [0.5, 0.6) is 0 Å². The van der Waals surface area contributed by atoms with Gasteiger partial charge in [-0.1, -0.05) is 12.8 Å². The Morgan fingerprint density at radius 2 is 1.86 bits per heavy atom. The molecule has 4 heteroatoms. The molecule has 0 radical (unpaired) electrons. The molecule has 1 aromatic carbocycles. The lowest BCUT2D eigenvalue weighted by Gasteiger charge is -2.13. The van der Waals surface area contributed by atoms with E-state index in [0.29, 0.717) is 11.7 Å². The predicted molar refractivity (Wildman–Crippen MR) is 82.8 cm³/mol. The molecule has 0 saturated heterocycles. The Morgan fingerprint density at radius 3 is 2.52 bits per heavy atom. The molecule has 0 bridgehead atoms. The standard InChI is InChI=1S/C17H20FN3/c1-2-19-16-11-15(12-5-3-4-6-12)20-17(21-16)13-7-9-14(18)10-8-13/h7-12H,2-6H2,1H3,(H,19,20,21). The fourth-order valence-electron chi connectivity index (χ4n) is 2.90. The summed E-state index contributed by atoms with van der Waals surface area (Å²) in [5.41, 5.74) is 1.97. The van der Waals surface area contributed by atoms with E-state index in [1.807, 2.05) is 0 Å². The Labute approximate surface area is 124 Å². The highest BCUT2D eigenvalue weighted by Gasteiger charge is 2.20. The lowest BCUT2D eigenvalue weighted by atomic mass is 10.0. The van der Waals surface area contributed by atoms with Gasteiger partial charge in [0.1, 0.15) is 11.6 Å². The molecule has 2 aromatic rings. The lowest BCUT2D eigenvalue weighted by Crippen LogP contribution is -2.06. The van der Waals surface area contributed by atoms with E-state index in [9.17, 15) is 4.39 Å². The van der Waals surface area contributed by atoms with Gasteiger partial charge in [0.15, 0.2) is 5.82 Å². The highest BCUT2D eigenvalue weighted by atomic mass is 19.1. The Hall–Kier alpha value is -1.97. The van der Waals surface area contributed by atoms with Gasteiger partial charge in [-0.25, -0.2) is 14.4 Å². The van der Waals surface area contributed by atoms with Crippen molar-refractivity contribution in [1.82, 2.24) is 9.97 Å². The van der Waals surface area contributed by atoms with Crippen LogP contribution in [0.25, 0.3) is 11.4 Å². The maximum atomic E-state index is 13.1. The Balaban J connectivity index is 1.99. The molecule has 1 saturated carbocycles. The van der Waals surface area contributed by atoms with E-state index in [2.05, 4.69) is 23.3 Å². The number of rotatable bonds is 4. The molecule has 21 heavy (non-hydrogen) atoms. The first-order valence-corrected chi connectivity index (χ1v) is 7.65. The molecule has 1 aromatic heterocycles. The molecule has 0 aliphatic heterocycles. The van der Waals surface area contributed by atoms with Crippen LogP contribution in [0.3, 0.4) is 0 Å². The minimum Gasteiger partial charge on any atom is -0.370 e. The van der Waals surface area contributed by atoms with Gasteiger partial charge in [0.05, 0.1) is 0 Å². The molecule has 0 atom stereocenters. The van der Waals surface area contributed by atoms with Gasteiger partial charge in [0, 0.05) is 29.8 Å². The number of benzene rings is 1. The van der Waals surface area contributed by atoms with Crippen molar-refractivity contribution >= 4 is 5.82 Å². The maximum Gasteiger partial charge on any atom is 0.161 e. The van der Waals surface area contributed by atoms with Gasteiger partial charge in [-0.15, -0.1) is 0 Å². The normalized spacial score (nSPS) is 15.3. The average Bonchev–Trinajstić information content (AvgIpc) is 3.02. The van der Waals surface area contributed by atoms with E-state index in [1.54, 1.807) is 12.1 Å². The largest absolute Gasteiger partial charge is 0.370 e. The molecule has 1 N–H and O–H groups in total. The molecule has 0 unspecified atom stereocenters. The molecule has 1 aliphatic rings. The van der Waals surface area contributed by atoms with Crippen molar-refractivity contribution in [1.29, 1.82) is 0 Å².